The van der Waals surface area contributed by atoms with Crippen LogP contribution in [-0.2, 0) is 11.2 Å². The summed E-state index contributed by atoms with van der Waals surface area (Å²) < 4.78 is 7.88. The molecule has 174 valence electrons. The number of rotatable bonds is 9. The second kappa shape index (κ2) is 10.8. The van der Waals surface area contributed by atoms with Gasteiger partial charge in [0.25, 0.3) is 0 Å². The van der Waals surface area contributed by atoms with Gasteiger partial charge in [-0.15, -0.1) is 0 Å². The van der Waals surface area contributed by atoms with E-state index in [9.17, 15) is 4.79 Å². The molecule has 1 aromatic heterocycles. The molecule has 0 unspecified atom stereocenters. The number of benzene rings is 3. The number of ether oxygens (including phenoxy) is 1. The Morgan fingerprint density at radius 3 is 2.29 bits per heavy atom. The van der Waals surface area contributed by atoms with Gasteiger partial charge >= 0.3 is 5.97 Å². The second-order valence-electron chi connectivity index (χ2n) is 7.88. The molecule has 0 fully saturated rings. The smallest absolute Gasteiger partial charge is 0.303 e. The number of carboxylic acids is 1. The van der Waals surface area contributed by atoms with Gasteiger partial charge in [0.2, 0.25) is 0 Å². The zero-order chi connectivity index (χ0) is 24.1. The summed E-state index contributed by atoms with van der Waals surface area (Å²) in [4.78, 5) is 11.1. The largest absolute Gasteiger partial charge is 0.493 e. The molecule has 1 heterocycles. The Morgan fingerprint density at radius 2 is 1.65 bits per heavy atom. The molecule has 0 aliphatic rings. The van der Waals surface area contributed by atoms with Crippen LogP contribution >= 0.6 is 23.2 Å². The third-order valence-electron chi connectivity index (χ3n) is 5.33. The van der Waals surface area contributed by atoms with Crippen LogP contribution in [0.4, 0.5) is 0 Å². The molecular formula is C27H24Cl2N2O3. The molecule has 4 aromatic rings. The van der Waals surface area contributed by atoms with Crippen molar-refractivity contribution in [3.63, 3.8) is 0 Å². The lowest BCUT2D eigenvalue weighted by Gasteiger charge is -2.11. The summed E-state index contributed by atoms with van der Waals surface area (Å²) in [6, 6.07) is 22.8. The van der Waals surface area contributed by atoms with E-state index in [0.717, 1.165) is 40.2 Å². The third-order valence-corrected chi connectivity index (χ3v) is 5.83. The summed E-state index contributed by atoms with van der Waals surface area (Å²) >= 11 is 12.2. The monoisotopic (exact) mass is 494 g/mol. The average molecular weight is 495 g/mol. The van der Waals surface area contributed by atoms with Crippen molar-refractivity contribution in [1.29, 1.82) is 0 Å². The zero-order valence-corrected chi connectivity index (χ0v) is 20.2. The van der Waals surface area contributed by atoms with E-state index >= 15 is 0 Å². The van der Waals surface area contributed by atoms with Crippen molar-refractivity contribution in [2.75, 3.05) is 6.61 Å². The summed E-state index contributed by atoms with van der Waals surface area (Å²) in [5.41, 5.74) is 5.15. The Labute approximate surface area is 208 Å². The summed E-state index contributed by atoms with van der Waals surface area (Å²) in [5, 5.41) is 15.3. The molecule has 3 aromatic carbocycles. The van der Waals surface area contributed by atoms with Gasteiger partial charge in [0, 0.05) is 27.6 Å². The maximum Gasteiger partial charge on any atom is 0.303 e. The van der Waals surface area contributed by atoms with Crippen molar-refractivity contribution >= 4 is 29.2 Å². The number of carbonyl (C=O) groups is 1. The van der Waals surface area contributed by atoms with Crippen LogP contribution in [0.1, 0.15) is 25.3 Å². The third kappa shape index (κ3) is 5.61. The van der Waals surface area contributed by atoms with Gasteiger partial charge in [-0.25, -0.2) is 4.68 Å². The van der Waals surface area contributed by atoms with Gasteiger partial charge in [-0.1, -0.05) is 48.3 Å². The van der Waals surface area contributed by atoms with Crippen LogP contribution in [0.2, 0.25) is 10.0 Å². The van der Waals surface area contributed by atoms with Crippen molar-refractivity contribution in [2.24, 2.45) is 0 Å². The van der Waals surface area contributed by atoms with E-state index in [1.54, 1.807) is 0 Å². The molecule has 0 atom stereocenters. The Hall–Kier alpha value is -3.28. The minimum Gasteiger partial charge on any atom is -0.493 e. The number of hydrogen-bond donors (Lipinski definition) is 1. The van der Waals surface area contributed by atoms with E-state index in [4.69, 9.17) is 38.1 Å². The van der Waals surface area contributed by atoms with Crippen LogP contribution in [0.3, 0.4) is 0 Å². The van der Waals surface area contributed by atoms with Gasteiger partial charge < -0.3 is 9.84 Å². The first kappa shape index (κ1) is 23.9. The van der Waals surface area contributed by atoms with Gasteiger partial charge in [0.05, 0.1) is 23.7 Å². The molecule has 0 spiro atoms. The number of halogens is 2. The van der Waals surface area contributed by atoms with Crippen molar-refractivity contribution in [1.82, 2.24) is 9.78 Å². The number of nitrogens with zero attached hydrogens (tertiary/aromatic N) is 2. The second-order valence-corrected chi connectivity index (χ2v) is 8.76. The molecule has 0 amide bonds. The SMILES string of the molecule is CCCOc1ccc(CCC(=O)O)cc1-c1cc(-c2ccc(Cl)cc2)n(-c2ccc(Cl)cc2)n1. The number of hydrogen-bond acceptors (Lipinski definition) is 3. The molecule has 34 heavy (non-hydrogen) atoms. The van der Waals surface area contributed by atoms with Crippen LogP contribution in [0.15, 0.2) is 72.8 Å². The first-order valence-electron chi connectivity index (χ1n) is 11.0. The average Bonchev–Trinajstić information content (AvgIpc) is 3.28. The van der Waals surface area contributed by atoms with Gasteiger partial charge in [0.1, 0.15) is 5.75 Å². The molecule has 0 saturated heterocycles. The van der Waals surface area contributed by atoms with E-state index in [1.807, 2.05) is 77.5 Å². The Bertz CT molecular complexity index is 1220. The first-order chi connectivity index (χ1) is 16.4. The topological polar surface area (TPSA) is 64.3 Å². The molecular weight excluding hydrogens is 471 g/mol. The Balaban J connectivity index is 1.85. The summed E-state index contributed by atoms with van der Waals surface area (Å²) in [6.45, 7) is 2.62. The van der Waals surface area contributed by atoms with E-state index in [0.29, 0.717) is 28.8 Å². The lowest BCUT2D eigenvalue weighted by atomic mass is 10.0. The molecule has 1 N–H and O–H groups in total. The van der Waals surface area contributed by atoms with Crippen LogP contribution < -0.4 is 4.74 Å². The van der Waals surface area contributed by atoms with Crippen LogP contribution in [0.5, 0.6) is 5.75 Å². The highest BCUT2D eigenvalue weighted by molar-refractivity contribution is 6.30. The number of aryl methyl sites for hydroxylation is 1. The van der Waals surface area contributed by atoms with E-state index < -0.39 is 5.97 Å². The van der Waals surface area contributed by atoms with E-state index in [1.165, 1.54) is 0 Å². The minimum absolute atomic E-state index is 0.0594. The Morgan fingerprint density at radius 1 is 0.971 bits per heavy atom. The lowest BCUT2D eigenvalue weighted by molar-refractivity contribution is -0.136. The molecule has 0 aliphatic carbocycles. The van der Waals surface area contributed by atoms with Gasteiger partial charge in [-0.2, -0.15) is 5.10 Å². The highest BCUT2D eigenvalue weighted by Crippen LogP contribution is 2.35. The number of aromatic nitrogens is 2. The van der Waals surface area contributed by atoms with Gasteiger partial charge in [-0.05, 0) is 73.0 Å². The molecule has 0 aliphatic heterocycles. The maximum absolute atomic E-state index is 11.1. The molecule has 0 saturated carbocycles. The maximum atomic E-state index is 11.1. The Kier molecular flexibility index (Phi) is 7.56. The quantitative estimate of drug-likeness (QED) is 0.264. The van der Waals surface area contributed by atoms with Crippen molar-refractivity contribution < 1.29 is 14.6 Å². The van der Waals surface area contributed by atoms with E-state index in [-0.39, 0.29) is 6.42 Å². The molecule has 7 heteroatoms. The fraction of sp³-hybridized carbons (Fsp3) is 0.185. The summed E-state index contributed by atoms with van der Waals surface area (Å²) in [6.07, 6.45) is 1.36. The highest BCUT2D eigenvalue weighted by atomic mass is 35.5. The molecule has 5 nitrogen and oxygen atoms in total. The molecule has 0 bridgehead atoms. The fourth-order valence-electron chi connectivity index (χ4n) is 3.64. The first-order valence-corrected chi connectivity index (χ1v) is 11.8. The zero-order valence-electron chi connectivity index (χ0n) is 18.7. The predicted molar refractivity (Wildman–Crippen MR) is 136 cm³/mol. The molecule has 4 rings (SSSR count). The van der Waals surface area contributed by atoms with Gasteiger partial charge in [0.15, 0.2) is 0 Å². The fourth-order valence-corrected chi connectivity index (χ4v) is 3.89. The number of aliphatic carboxylic acids is 1. The summed E-state index contributed by atoms with van der Waals surface area (Å²) in [5.74, 6) is -0.116. The number of carboxylic acid groups (broad SMARTS) is 1. The lowest BCUT2D eigenvalue weighted by Crippen LogP contribution is -2.01. The van der Waals surface area contributed by atoms with Crippen LogP contribution in [0.25, 0.3) is 28.2 Å². The highest BCUT2D eigenvalue weighted by Gasteiger charge is 2.17. The summed E-state index contributed by atoms with van der Waals surface area (Å²) in [7, 11) is 0. The van der Waals surface area contributed by atoms with Crippen LogP contribution in [0, 0.1) is 0 Å². The van der Waals surface area contributed by atoms with Gasteiger partial charge in [-0.3, -0.25) is 4.79 Å². The normalized spacial score (nSPS) is 10.9. The van der Waals surface area contributed by atoms with E-state index in [2.05, 4.69) is 6.92 Å². The standard InChI is InChI=1S/C27H24Cl2N2O3/c1-2-15-34-26-13-3-18(4-14-27(32)33)16-23(26)24-17-25(19-5-7-20(28)8-6-19)31(30-24)22-11-9-21(29)10-12-22/h3,5-13,16-17H,2,4,14-15H2,1H3,(H,32,33). The minimum atomic E-state index is -0.829. The molecule has 0 radical (unpaired) electrons. The van der Waals surface area contributed by atoms with Crippen molar-refractivity contribution in [3.8, 4) is 34.0 Å². The van der Waals surface area contributed by atoms with Crippen molar-refractivity contribution in [2.45, 2.75) is 26.2 Å². The predicted octanol–water partition coefficient (Wildman–Crippen LogP) is 7.32. The van der Waals surface area contributed by atoms with Crippen LogP contribution in [-0.4, -0.2) is 27.5 Å². The van der Waals surface area contributed by atoms with Crippen molar-refractivity contribution in [3.05, 3.63) is 88.4 Å².